The maximum atomic E-state index is 13.5. The lowest BCUT2D eigenvalue weighted by Crippen LogP contribution is -2.52. The van der Waals surface area contributed by atoms with Gasteiger partial charge in [0, 0.05) is 31.4 Å². The predicted octanol–water partition coefficient (Wildman–Crippen LogP) is 4.23. The van der Waals surface area contributed by atoms with Crippen LogP contribution >= 0.6 is 22.9 Å². The minimum absolute atomic E-state index is 0.0432. The normalized spacial score (nSPS) is 16.8. The number of morpholine rings is 1. The third-order valence-electron chi connectivity index (χ3n) is 6.84. The van der Waals surface area contributed by atoms with Gasteiger partial charge in [0.05, 0.1) is 21.5 Å². The highest BCUT2D eigenvalue weighted by Crippen LogP contribution is 2.34. The van der Waals surface area contributed by atoms with Gasteiger partial charge in [-0.2, -0.15) is 8.78 Å². The van der Waals surface area contributed by atoms with E-state index in [-0.39, 0.29) is 55.2 Å². The van der Waals surface area contributed by atoms with Crippen LogP contribution in [0.5, 0.6) is 5.75 Å². The molecule has 1 saturated carbocycles. The molecule has 1 aliphatic carbocycles. The Balaban J connectivity index is 1.52. The molecule has 13 heteroatoms. The molecule has 9 nitrogen and oxygen atoms in total. The number of nitrogens with one attached hydrogen (secondary N) is 2. The minimum atomic E-state index is -3.13. The molecule has 1 atom stereocenters. The van der Waals surface area contributed by atoms with Crippen molar-refractivity contribution in [3.05, 3.63) is 39.5 Å². The quantitative estimate of drug-likeness (QED) is 0.387. The highest BCUT2D eigenvalue weighted by Gasteiger charge is 2.31. The Bertz CT molecular complexity index is 1180. The van der Waals surface area contributed by atoms with Crippen LogP contribution in [-0.2, 0) is 14.3 Å². The Hall–Kier alpha value is -2.80. The minimum Gasteiger partial charge on any atom is -0.433 e. The number of nitrogens with zero attached hydrogens (tertiary/aromatic N) is 2. The van der Waals surface area contributed by atoms with Gasteiger partial charge in [-0.1, -0.05) is 24.9 Å². The van der Waals surface area contributed by atoms with Crippen molar-refractivity contribution in [2.24, 2.45) is 5.92 Å². The molecule has 2 aromatic rings. The van der Waals surface area contributed by atoms with Crippen molar-refractivity contribution in [2.45, 2.75) is 38.8 Å². The second-order valence-corrected chi connectivity index (χ2v) is 11.1. The number of likely N-dealkylation sites (N-methyl/N-ethyl adjacent to an activating group) is 1. The summed E-state index contributed by atoms with van der Waals surface area (Å²) in [7, 11) is 0. The molecule has 1 aromatic heterocycles. The fraction of sp³-hybridized carbons (Fsp3) is 0.500. The van der Waals surface area contributed by atoms with Gasteiger partial charge in [0.15, 0.2) is 5.75 Å². The molecule has 2 aliphatic rings. The molecule has 39 heavy (non-hydrogen) atoms. The van der Waals surface area contributed by atoms with Crippen molar-refractivity contribution in [2.75, 3.05) is 49.6 Å². The first-order valence-electron chi connectivity index (χ1n) is 12.8. The molecule has 212 valence electrons. The standard InChI is InChI=1S/C26H31ClF2N4O5S/c1-2-32(14-16-4-3-5-16)19(13-30-25(36)21-8-9-22(27)39-21)24(35)31-17-6-7-18(20(12-17)38-26(28)29)33-10-11-37-15-23(33)34/h6-9,12,16,19,26H,2-5,10-11,13-15H2,1H3,(H,30,36)(H,31,35)/t19-/m1/s1. The van der Waals surface area contributed by atoms with E-state index in [1.54, 1.807) is 12.1 Å². The highest BCUT2D eigenvalue weighted by molar-refractivity contribution is 7.18. The lowest BCUT2D eigenvalue weighted by atomic mass is 9.85. The van der Waals surface area contributed by atoms with Crippen molar-refractivity contribution in [1.29, 1.82) is 0 Å². The van der Waals surface area contributed by atoms with E-state index >= 15 is 0 Å². The number of amides is 3. The molecule has 2 N–H and O–H groups in total. The summed E-state index contributed by atoms with van der Waals surface area (Å²) in [6, 6.07) is 6.80. The molecular formula is C26H31ClF2N4O5S. The Morgan fingerprint density at radius 2 is 2.08 bits per heavy atom. The Kier molecular flexibility index (Phi) is 10.1. The molecule has 1 aromatic carbocycles. The predicted molar refractivity (Wildman–Crippen MR) is 145 cm³/mol. The zero-order valence-corrected chi connectivity index (χ0v) is 23.0. The van der Waals surface area contributed by atoms with E-state index in [9.17, 15) is 23.2 Å². The van der Waals surface area contributed by atoms with Gasteiger partial charge in [-0.05, 0) is 49.6 Å². The number of hydrogen-bond acceptors (Lipinski definition) is 7. The molecule has 4 rings (SSSR count). The van der Waals surface area contributed by atoms with Crippen molar-refractivity contribution >= 4 is 52.0 Å². The van der Waals surface area contributed by atoms with Crippen LogP contribution in [-0.4, -0.2) is 74.7 Å². The molecule has 0 spiro atoms. The third-order valence-corrected chi connectivity index (χ3v) is 8.07. The molecule has 2 heterocycles. The Morgan fingerprint density at radius 1 is 1.28 bits per heavy atom. The number of anilines is 2. The van der Waals surface area contributed by atoms with Crippen LogP contribution in [0.25, 0.3) is 0 Å². The van der Waals surface area contributed by atoms with Gasteiger partial charge in [-0.3, -0.25) is 19.3 Å². The van der Waals surface area contributed by atoms with Crippen LogP contribution in [0.4, 0.5) is 20.2 Å². The summed E-state index contributed by atoms with van der Waals surface area (Å²) in [5, 5.41) is 5.61. The summed E-state index contributed by atoms with van der Waals surface area (Å²) in [4.78, 5) is 42.2. The Morgan fingerprint density at radius 3 is 2.69 bits per heavy atom. The van der Waals surface area contributed by atoms with Gasteiger partial charge < -0.3 is 25.0 Å². The SMILES string of the molecule is CCN(CC1CCC1)[C@H](CNC(=O)c1ccc(Cl)s1)C(=O)Nc1ccc(N2CCOCC2=O)c(OC(F)F)c1. The van der Waals surface area contributed by atoms with Crippen LogP contribution in [0.1, 0.15) is 35.9 Å². The van der Waals surface area contributed by atoms with Crippen molar-refractivity contribution in [3.63, 3.8) is 0 Å². The Labute approximate surface area is 234 Å². The van der Waals surface area contributed by atoms with E-state index in [1.165, 1.54) is 23.1 Å². The first kappa shape index (κ1) is 29.2. The largest absolute Gasteiger partial charge is 0.433 e. The van der Waals surface area contributed by atoms with Gasteiger partial charge >= 0.3 is 6.61 Å². The monoisotopic (exact) mass is 584 g/mol. The van der Waals surface area contributed by atoms with Crippen LogP contribution in [0.3, 0.4) is 0 Å². The first-order chi connectivity index (χ1) is 18.7. The number of alkyl halides is 2. The highest BCUT2D eigenvalue weighted by atomic mass is 35.5. The number of halogens is 3. The molecule has 3 amide bonds. The zero-order valence-electron chi connectivity index (χ0n) is 21.5. The van der Waals surface area contributed by atoms with Crippen LogP contribution < -0.4 is 20.3 Å². The number of carbonyl (C=O) groups is 3. The lowest BCUT2D eigenvalue weighted by Gasteiger charge is -2.36. The average molecular weight is 585 g/mol. The third kappa shape index (κ3) is 7.65. The molecule has 0 bridgehead atoms. The summed E-state index contributed by atoms with van der Waals surface area (Å²) in [6.07, 6.45) is 3.32. The molecule has 1 aliphatic heterocycles. The lowest BCUT2D eigenvalue weighted by molar-refractivity contribution is -0.126. The van der Waals surface area contributed by atoms with E-state index in [1.807, 2.05) is 11.8 Å². The number of rotatable bonds is 12. The number of benzene rings is 1. The smallest absolute Gasteiger partial charge is 0.387 e. The molecule has 0 unspecified atom stereocenters. The van der Waals surface area contributed by atoms with Gasteiger partial charge in [0.25, 0.3) is 11.8 Å². The van der Waals surface area contributed by atoms with E-state index in [4.69, 9.17) is 21.1 Å². The van der Waals surface area contributed by atoms with Crippen LogP contribution in [0.2, 0.25) is 4.34 Å². The van der Waals surface area contributed by atoms with Crippen LogP contribution in [0.15, 0.2) is 30.3 Å². The van der Waals surface area contributed by atoms with Gasteiger partial charge in [-0.15, -0.1) is 11.3 Å². The van der Waals surface area contributed by atoms with Crippen molar-refractivity contribution in [3.8, 4) is 5.75 Å². The number of carbonyl (C=O) groups excluding carboxylic acids is 3. The van der Waals surface area contributed by atoms with Gasteiger partial charge in [-0.25, -0.2) is 0 Å². The van der Waals surface area contributed by atoms with E-state index in [0.717, 1.165) is 30.6 Å². The maximum absolute atomic E-state index is 13.5. The molecule has 0 radical (unpaired) electrons. The summed E-state index contributed by atoms with van der Waals surface area (Å²) in [5.41, 5.74) is 0.390. The van der Waals surface area contributed by atoms with Crippen molar-refractivity contribution < 1.29 is 32.6 Å². The van der Waals surface area contributed by atoms with Gasteiger partial charge in [0.1, 0.15) is 12.6 Å². The van der Waals surface area contributed by atoms with E-state index in [2.05, 4.69) is 10.6 Å². The van der Waals surface area contributed by atoms with E-state index < -0.39 is 18.6 Å². The molecule has 2 fully saturated rings. The second kappa shape index (κ2) is 13.5. The topological polar surface area (TPSA) is 100 Å². The summed E-state index contributed by atoms with van der Waals surface area (Å²) in [5.74, 6) is -0.882. The second-order valence-electron chi connectivity index (χ2n) is 9.36. The van der Waals surface area contributed by atoms with E-state index in [0.29, 0.717) is 28.2 Å². The fourth-order valence-electron chi connectivity index (χ4n) is 4.59. The zero-order chi connectivity index (χ0) is 27.9. The van der Waals surface area contributed by atoms with Crippen molar-refractivity contribution in [1.82, 2.24) is 10.2 Å². The summed E-state index contributed by atoms with van der Waals surface area (Å²) in [6.45, 7) is 0.429. The average Bonchev–Trinajstić information content (AvgIpc) is 3.31. The maximum Gasteiger partial charge on any atom is 0.387 e. The summed E-state index contributed by atoms with van der Waals surface area (Å²) >= 11 is 7.10. The summed E-state index contributed by atoms with van der Waals surface area (Å²) < 4.78 is 36.8. The number of ether oxygens (including phenoxy) is 2. The first-order valence-corrected chi connectivity index (χ1v) is 14.0. The number of thiophene rings is 1. The fourth-order valence-corrected chi connectivity index (χ4v) is 5.55. The molecular weight excluding hydrogens is 554 g/mol. The molecule has 1 saturated heterocycles. The van der Waals surface area contributed by atoms with Crippen LogP contribution in [0, 0.1) is 5.92 Å². The van der Waals surface area contributed by atoms with Gasteiger partial charge in [0.2, 0.25) is 5.91 Å². The number of hydrogen-bond donors (Lipinski definition) is 2.